The molecule has 0 saturated carbocycles. The van der Waals surface area contributed by atoms with Crippen LogP contribution in [0.3, 0.4) is 0 Å². The summed E-state index contributed by atoms with van der Waals surface area (Å²) < 4.78 is 23.0. The molecule has 4 nitrogen and oxygen atoms in total. The molecule has 1 N–H and O–H groups in total. The number of nitrogens with one attached hydrogen (secondary N) is 1. The lowest BCUT2D eigenvalue weighted by Gasteiger charge is -2.11. The highest BCUT2D eigenvalue weighted by molar-refractivity contribution is 8.13. The van der Waals surface area contributed by atoms with Crippen LogP contribution in [0.25, 0.3) is 0 Å². The largest absolute Gasteiger partial charge is 0.352 e. The van der Waals surface area contributed by atoms with Crippen LogP contribution in [0.4, 0.5) is 0 Å². The SMILES string of the molecule is Cc1cc(C)c(S(=O)(=O)Cl)cc1C(=O)NCCCC(C)C. The van der Waals surface area contributed by atoms with Gasteiger partial charge in [-0.15, -0.1) is 0 Å². The molecule has 0 bridgehead atoms. The highest BCUT2D eigenvalue weighted by Gasteiger charge is 2.18. The van der Waals surface area contributed by atoms with E-state index in [-0.39, 0.29) is 10.8 Å². The van der Waals surface area contributed by atoms with Crippen LogP contribution >= 0.6 is 10.7 Å². The Balaban J connectivity index is 2.90. The highest BCUT2D eigenvalue weighted by atomic mass is 35.7. The van der Waals surface area contributed by atoms with E-state index in [0.717, 1.165) is 18.4 Å². The van der Waals surface area contributed by atoms with Gasteiger partial charge in [-0.3, -0.25) is 4.79 Å². The minimum absolute atomic E-state index is 0.0119. The van der Waals surface area contributed by atoms with Crippen LogP contribution in [-0.4, -0.2) is 20.9 Å². The predicted molar refractivity (Wildman–Crippen MR) is 85.4 cm³/mol. The van der Waals surface area contributed by atoms with Crippen molar-refractivity contribution in [2.45, 2.75) is 45.4 Å². The standard InChI is InChI=1S/C15H22ClNO3S/c1-10(2)6-5-7-17-15(18)13-9-14(21(16,19)20)12(4)8-11(13)3/h8-10H,5-7H2,1-4H3,(H,17,18). The van der Waals surface area contributed by atoms with Crippen molar-refractivity contribution in [1.82, 2.24) is 5.32 Å². The van der Waals surface area contributed by atoms with E-state index in [1.165, 1.54) is 6.07 Å². The molecule has 118 valence electrons. The van der Waals surface area contributed by atoms with Gasteiger partial charge in [0, 0.05) is 22.8 Å². The first-order chi connectivity index (χ1) is 9.62. The zero-order chi connectivity index (χ0) is 16.2. The summed E-state index contributed by atoms with van der Waals surface area (Å²) in [5, 5.41) is 2.82. The van der Waals surface area contributed by atoms with Crippen LogP contribution in [0.5, 0.6) is 0 Å². The van der Waals surface area contributed by atoms with Crippen molar-refractivity contribution in [2.75, 3.05) is 6.54 Å². The van der Waals surface area contributed by atoms with Crippen molar-refractivity contribution in [3.8, 4) is 0 Å². The zero-order valence-corrected chi connectivity index (χ0v) is 14.4. The average molecular weight is 332 g/mol. The van der Waals surface area contributed by atoms with Gasteiger partial charge in [-0.25, -0.2) is 8.42 Å². The average Bonchev–Trinajstić information content (AvgIpc) is 2.32. The Morgan fingerprint density at radius 1 is 1.24 bits per heavy atom. The lowest BCUT2D eigenvalue weighted by atomic mass is 10.0. The molecular formula is C15H22ClNO3S. The van der Waals surface area contributed by atoms with Crippen molar-refractivity contribution in [3.63, 3.8) is 0 Å². The van der Waals surface area contributed by atoms with E-state index in [4.69, 9.17) is 10.7 Å². The molecule has 0 aliphatic heterocycles. The van der Waals surface area contributed by atoms with E-state index in [9.17, 15) is 13.2 Å². The Kier molecular flexibility index (Phi) is 6.23. The van der Waals surface area contributed by atoms with Gasteiger partial charge in [0.25, 0.3) is 15.0 Å². The van der Waals surface area contributed by atoms with Crippen LogP contribution in [0.15, 0.2) is 17.0 Å². The molecule has 0 spiro atoms. The maximum Gasteiger partial charge on any atom is 0.261 e. The van der Waals surface area contributed by atoms with Crippen molar-refractivity contribution in [3.05, 3.63) is 28.8 Å². The number of rotatable bonds is 6. The van der Waals surface area contributed by atoms with E-state index in [0.29, 0.717) is 23.6 Å². The second-order valence-corrected chi connectivity index (χ2v) is 8.20. The fourth-order valence-electron chi connectivity index (χ4n) is 2.15. The van der Waals surface area contributed by atoms with Crippen LogP contribution < -0.4 is 5.32 Å². The lowest BCUT2D eigenvalue weighted by Crippen LogP contribution is -2.25. The second-order valence-electron chi connectivity index (χ2n) is 5.66. The lowest BCUT2D eigenvalue weighted by molar-refractivity contribution is 0.0951. The Labute approximate surface area is 131 Å². The van der Waals surface area contributed by atoms with Gasteiger partial charge in [0.2, 0.25) is 0 Å². The molecule has 0 unspecified atom stereocenters. The number of benzene rings is 1. The fourth-order valence-corrected chi connectivity index (χ4v) is 3.35. The van der Waals surface area contributed by atoms with Gasteiger partial charge >= 0.3 is 0 Å². The van der Waals surface area contributed by atoms with Crippen LogP contribution in [0, 0.1) is 19.8 Å². The second kappa shape index (κ2) is 7.27. The van der Waals surface area contributed by atoms with Crippen molar-refractivity contribution < 1.29 is 13.2 Å². The van der Waals surface area contributed by atoms with Gasteiger partial charge < -0.3 is 5.32 Å². The van der Waals surface area contributed by atoms with Gasteiger partial charge in [0.15, 0.2) is 0 Å². The van der Waals surface area contributed by atoms with Gasteiger partial charge in [-0.1, -0.05) is 19.9 Å². The third-order valence-electron chi connectivity index (χ3n) is 3.27. The molecular weight excluding hydrogens is 310 g/mol. The molecule has 1 aromatic carbocycles. The quantitative estimate of drug-likeness (QED) is 0.642. The number of aryl methyl sites for hydroxylation is 2. The van der Waals surface area contributed by atoms with Crippen LogP contribution in [-0.2, 0) is 9.05 Å². The molecule has 0 saturated heterocycles. The number of hydrogen-bond acceptors (Lipinski definition) is 3. The maximum atomic E-state index is 12.2. The molecule has 0 aliphatic rings. The molecule has 6 heteroatoms. The topological polar surface area (TPSA) is 63.2 Å². The Hall–Kier alpha value is -1.07. The third kappa shape index (κ3) is 5.32. The molecule has 0 radical (unpaired) electrons. The molecule has 1 amide bonds. The van der Waals surface area contributed by atoms with E-state index in [1.807, 2.05) is 0 Å². The summed E-state index contributed by atoms with van der Waals surface area (Å²) >= 11 is 0. The third-order valence-corrected chi connectivity index (χ3v) is 4.74. The number of carbonyl (C=O) groups is 1. The molecule has 0 fully saturated rings. The van der Waals surface area contributed by atoms with E-state index in [2.05, 4.69) is 19.2 Å². The van der Waals surface area contributed by atoms with E-state index < -0.39 is 9.05 Å². The molecule has 0 atom stereocenters. The minimum atomic E-state index is -3.85. The normalized spacial score (nSPS) is 11.7. The van der Waals surface area contributed by atoms with E-state index >= 15 is 0 Å². The molecule has 1 aromatic rings. The first-order valence-corrected chi connectivity index (χ1v) is 9.28. The van der Waals surface area contributed by atoms with Gasteiger partial charge in [-0.2, -0.15) is 0 Å². The maximum absolute atomic E-state index is 12.2. The molecule has 0 heterocycles. The number of amides is 1. The van der Waals surface area contributed by atoms with Gasteiger partial charge in [-0.05, 0) is 49.8 Å². The zero-order valence-electron chi connectivity index (χ0n) is 12.9. The van der Waals surface area contributed by atoms with Crippen molar-refractivity contribution >= 4 is 25.6 Å². The number of halogens is 1. The van der Waals surface area contributed by atoms with E-state index in [1.54, 1.807) is 19.9 Å². The molecule has 21 heavy (non-hydrogen) atoms. The summed E-state index contributed by atoms with van der Waals surface area (Å²) in [6.07, 6.45) is 1.93. The Bertz CT molecular complexity index is 624. The first-order valence-electron chi connectivity index (χ1n) is 6.97. The molecule has 0 aromatic heterocycles. The Morgan fingerprint density at radius 3 is 2.38 bits per heavy atom. The van der Waals surface area contributed by atoms with Gasteiger partial charge in [0.1, 0.15) is 0 Å². The summed E-state index contributed by atoms with van der Waals surface area (Å²) in [7, 11) is 1.54. The highest BCUT2D eigenvalue weighted by Crippen LogP contribution is 2.23. The molecule has 0 aliphatic carbocycles. The first kappa shape index (κ1) is 18.0. The Morgan fingerprint density at radius 2 is 1.86 bits per heavy atom. The van der Waals surface area contributed by atoms with Crippen LogP contribution in [0.1, 0.15) is 48.2 Å². The number of carbonyl (C=O) groups excluding carboxylic acids is 1. The minimum Gasteiger partial charge on any atom is -0.352 e. The number of hydrogen-bond donors (Lipinski definition) is 1. The summed E-state index contributed by atoms with van der Waals surface area (Å²) in [5.74, 6) is 0.328. The van der Waals surface area contributed by atoms with Gasteiger partial charge in [0.05, 0.1) is 4.90 Å². The van der Waals surface area contributed by atoms with Crippen molar-refractivity contribution in [2.24, 2.45) is 5.92 Å². The summed E-state index contributed by atoms with van der Waals surface area (Å²) in [6.45, 7) is 8.27. The summed E-state index contributed by atoms with van der Waals surface area (Å²) in [4.78, 5) is 12.1. The smallest absolute Gasteiger partial charge is 0.261 e. The van der Waals surface area contributed by atoms with Crippen molar-refractivity contribution in [1.29, 1.82) is 0 Å². The summed E-state index contributed by atoms with van der Waals surface area (Å²) in [5.41, 5.74) is 1.63. The summed E-state index contributed by atoms with van der Waals surface area (Å²) in [6, 6.07) is 3.02. The van der Waals surface area contributed by atoms with Crippen LogP contribution in [0.2, 0.25) is 0 Å². The fraction of sp³-hybridized carbons (Fsp3) is 0.533. The monoisotopic (exact) mass is 331 g/mol. The molecule has 1 rings (SSSR count). The predicted octanol–water partition coefficient (Wildman–Crippen LogP) is 3.40.